The lowest BCUT2D eigenvalue weighted by molar-refractivity contribution is -0.225. The number of fused-ring (bicyclic) bond motifs is 1. The summed E-state index contributed by atoms with van der Waals surface area (Å²) in [7, 11) is 1.64. The summed E-state index contributed by atoms with van der Waals surface area (Å²) < 4.78 is 11.1. The first-order valence-corrected chi connectivity index (χ1v) is 8.67. The van der Waals surface area contributed by atoms with Crippen LogP contribution in [0, 0.1) is 11.3 Å². The van der Waals surface area contributed by atoms with E-state index in [0.717, 1.165) is 30.8 Å². The Kier molecular flexibility index (Phi) is 4.34. The fourth-order valence-electron chi connectivity index (χ4n) is 4.33. The van der Waals surface area contributed by atoms with E-state index >= 15 is 0 Å². The van der Waals surface area contributed by atoms with Gasteiger partial charge in [-0.3, -0.25) is 4.79 Å². The lowest BCUT2D eigenvalue weighted by Gasteiger charge is -2.65. The van der Waals surface area contributed by atoms with E-state index in [9.17, 15) is 4.79 Å². The molecule has 0 spiro atoms. The van der Waals surface area contributed by atoms with Crippen LogP contribution in [-0.2, 0) is 9.53 Å². The Labute approximate surface area is 143 Å². The molecular formula is C19H28N2O3. The second-order valence-electron chi connectivity index (χ2n) is 7.60. The van der Waals surface area contributed by atoms with Crippen LogP contribution in [0.5, 0.6) is 5.75 Å². The average Bonchev–Trinajstić information content (AvgIpc) is 2.60. The fourth-order valence-corrected chi connectivity index (χ4v) is 4.33. The van der Waals surface area contributed by atoms with Crippen LogP contribution < -0.4 is 15.8 Å². The number of amides is 1. The molecule has 5 nitrogen and oxygen atoms in total. The van der Waals surface area contributed by atoms with E-state index in [1.165, 1.54) is 0 Å². The van der Waals surface area contributed by atoms with E-state index in [0.29, 0.717) is 0 Å². The largest absolute Gasteiger partial charge is 0.497 e. The molecule has 1 aliphatic heterocycles. The maximum absolute atomic E-state index is 13.0. The molecule has 1 aliphatic carbocycles. The summed E-state index contributed by atoms with van der Waals surface area (Å²) in [5.41, 5.74) is 6.43. The van der Waals surface area contributed by atoms with Crippen molar-refractivity contribution in [1.82, 2.24) is 5.32 Å². The predicted molar refractivity (Wildman–Crippen MR) is 92.7 cm³/mol. The van der Waals surface area contributed by atoms with E-state index in [-0.39, 0.29) is 29.4 Å². The van der Waals surface area contributed by atoms with Crippen molar-refractivity contribution in [3.8, 4) is 5.75 Å². The van der Waals surface area contributed by atoms with E-state index in [1.54, 1.807) is 7.11 Å². The van der Waals surface area contributed by atoms with Gasteiger partial charge >= 0.3 is 0 Å². The topological polar surface area (TPSA) is 73.6 Å². The smallest absolute Gasteiger partial charge is 0.241 e. The van der Waals surface area contributed by atoms with Crippen LogP contribution in [0.1, 0.15) is 45.2 Å². The summed E-state index contributed by atoms with van der Waals surface area (Å²) in [5, 5.41) is 3.10. The Hall–Kier alpha value is -1.59. The average molecular weight is 332 g/mol. The van der Waals surface area contributed by atoms with Gasteiger partial charge in [-0.25, -0.2) is 0 Å². The Morgan fingerprint density at radius 1 is 1.38 bits per heavy atom. The first-order chi connectivity index (χ1) is 11.3. The molecule has 0 radical (unpaired) electrons. The summed E-state index contributed by atoms with van der Waals surface area (Å²) in [6.45, 7) is 6.82. The van der Waals surface area contributed by atoms with Crippen molar-refractivity contribution in [3.05, 3.63) is 29.8 Å². The Bertz CT molecular complexity index is 614. The molecule has 1 saturated heterocycles. The third-order valence-electron chi connectivity index (χ3n) is 6.02. The van der Waals surface area contributed by atoms with Gasteiger partial charge in [-0.15, -0.1) is 0 Å². The minimum atomic E-state index is -0.876. The number of carbonyl (C=O) groups is 1. The molecule has 1 heterocycles. The first kappa shape index (κ1) is 17.2. The molecule has 3 rings (SSSR count). The van der Waals surface area contributed by atoms with Crippen molar-refractivity contribution in [2.75, 3.05) is 13.7 Å². The van der Waals surface area contributed by atoms with Crippen molar-refractivity contribution in [2.45, 2.75) is 51.3 Å². The standard InChI is InChI=1S/C19H28N2O3/c1-12(13-7-9-14(23-4)10-8-13)21-17(22)19(20)15-6-5-11-24-16(15)18(19,2)3/h7-10,12,15-16H,5-6,11,20H2,1-4H3,(H,21,22). The Balaban J connectivity index is 1.73. The van der Waals surface area contributed by atoms with Crippen LogP contribution in [-0.4, -0.2) is 31.3 Å². The summed E-state index contributed by atoms with van der Waals surface area (Å²) in [6.07, 6.45) is 2.00. The molecule has 0 aromatic heterocycles. The number of nitrogens with one attached hydrogen (secondary N) is 1. The highest BCUT2D eigenvalue weighted by Gasteiger charge is 2.70. The van der Waals surface area contributed by atoms with E-state index in [1.807, 2.05) is 45.0 Å². The van der Waals surface area contributed by atoms with Gasteiger partial charge in [-0.05, 0) is 37.5 Å². The molecule has 5 heteroatoms. The maximum Gasteiger partial charge on any atom is 0.241 e. The van der Waals surface area contributed by atoms with Gasteiger partial charge in [0, 0.05) is 17.9 Å². The summed E-state index contributed by atoms with van der Waals surface area (Å²) in [6, 6.07) is 7.61. The molecule has 3 N–H and O–H groups in total. The lowest BCUT2D eigenvalue weighted by Crippen LogP contribution is -2.82. The SMILES string of the molecule is COc1ccc(C(C)NC(=O)C2(N)C3CCCOC3C2(C)C)cc1. The van der Waals surface area contributed by atoms with Gasteiger partial charge in [0.15, 0.2) is 0 Å². The molecule has 24 heavy (non-hydrogen) atoms. The molecule has 1 saturated carbocycles. The van der Waals surface area contributed by atoms with Crippen molar-refractivity contribution in [1.29, 1.82) is 0 Å². The minimum absolute atomic E-state index is 0.0810. The van der Waals surface area contributed by atoms with Crippen LogP contribution in [0.2, 0.25) is 0 Å². The Morgan fingerprint density at radius 3 is 2.67 bits per heavy atom. The van der Waals surface area contributed by atoms with Gasteiger partial charge in [0.2, 0.25) is 5.91 Å². The molecule has 132 valence electrons. The monoisotopic (exact) mass is 332 g/mol. The molecule has 1 amide bonds. The zero-order valence-corrected chi connectivity index (χ0v) is 15.0. The number of ether oxygens (including phenoxy) is 2. The molecule has 4 atom stereocenters. The van der Waals surface area contributed by atoms with Gasteiger partial charge in [0.25, 0.3) is 0 Å². The zero-order valence-electron chi connectivity index (χ0n) is 15.0. The lowest BCUT2D eigenvalue weighted by atomic mass is 9.46. The number of rotatable bonds is 4. The molecule has 2 aliphatic rings. The summed E-state index contributed by atoms with van der Waals surface area (Å²) in [4.78, 5) is 13.0. The van der Waals surface area contributed by atoms with Gasteiger partial charge in [-0.2, -0.15) is 0 Å². The van der Waals surface area contributed by atoms with E-state index in [4.69, 9.17) is 15.2 Å². The first-order valence-electron chi connectivity index (χ1n) is 8.67. The normalized spacial score (nSPS) is 32.2. The van der Waals surface area contributed by atoms with Crippen LogP contribution >= 0.6 is 0 Å². The maximum atomic E-state index is 13.0. The third kappa shape index (κ3) is 2.42. The molecule has 4 unspecified atom stereocenters. The fraction of sp³-hybridized carbons (Fsp3) is 0.632. The molecular weight excluding hydrogens is 304 g/mol. The minimum Gasteiger partial charge on any atom is -0.497 e. The van der Waals surface area contributed by atoms with Gasteiger partial charge in [0.1, 0.15) is 11.3 Å². The molecule has 1 aromatic carbocycles. The number of methoxy groups -OCH3 is 1. The van der Waals surface area contributed by atoms with Crippen LogP contribution in [0.25, 0.3) is 0 Å². The highest BCUT2D eigenvalue weighted by Crippen LogP contribution is 2.57. The van der Waals surface area contributed by atoms with Crippen molar-refractivity contribution in [3.63, 3.8) is 0 Å². The number of carbonyl (C=O) groups excluding carboxylic acids is 1. The van der Waals surface area contributed by atoms with E-state index in [2.05, 4.69) is 5.32 Å². The van der Waals surface area contributed by atoms with Crippen molar-refractivity contribution >= 4 is 5.91 Å². The number of benzene rings is 1. The number of hydrogen-bond acceptors (Lipinski definition) is 4. The summed E-state index contributed by atoms with van der Waals surface area (Å²) >= 11 is 0. The second kappa shape index (κ2) is 6.05. The molecule has 0 bridgehead atoms. The predicted octanol–water partition coefficient (Wildman–Crippen LogP) is 2.40. The molecule has 1 aromatic rings. The van der Waals surface area contributed by atoms with Crippen LogP contribution in [0.4, 0.5) is 0 Å². The van der Waals surface area contributed by atoms with Crippen molar-refractivity contribution in [2.24, 2.45) is 17.1 Å². The number of nitrogens with two attached hydrogens (primary N) is 1. The number of hydrogen-bond donors (Lipinski definition) is 2. The molecule has 2 fully saturated rings. The van der Waals surface area contributed by atoms with E-state index < -0.39 is 5.54 Å². The van der Waals surface area contributed by atoms with Gasteiger partial charge in [-0.1, -0.05) is 26.0 Å². The zero-order chi connectivity index (χ0) is 17.5. The summed E-state index contributed by atoms with van der Waals surface area (Å²) in [5.74, 6) is 0.821. The van der Waals surface area contributed by atoms with Gasteiger partial charge in [0.05, 0.1) is 19.3 Å². The quantitative estimate of drug-likeness (QED) is 0.888. The van der Waals surface area contributed by atoms with Crippen molar-refractivity contribution < 1.29 is 14.3 Å². The third-order valence-corrected chi connectivity index (χ3v) is 6.02. The second-order valence-corrected chi connectivity index (χ2v) is 7.60. The Morgan fingerprint density at radius 2 is 2.04 bits per heavy atom. The van der Waals surface area contributed by atoms with Gasteiger partial charge < -0.3 is 20.5 Å². The van der Waals surface area contributed by atoms with Crippen LogP contribution in [0.15, 0.2) is 24.3 Å². The highest BCUT2D eigenvalue weighted by atomic mass is 16.5. The van der Waals surface area contributed by atoms with Crippen LogP contribution in [0.3, 0.4) is 0 Å². The highest BCUT2D eigenvalue weighted by molar-refractivity contribution is 5.89.